The number of fused-ring (bicyclic) bond motifs is 10. The lowest BCUT2D eigenvalue weighted by atomic mass is 9.69. The Bertz CT molecular complexity index is 567. The average Bonchev–Trinajstić information content (AvgIpc) is 2.80. The smallest absolute Gasteiger partial charge is 0.00127 e. The third-order valence-electron chi connectivity index (χ3n) is 9.10. The van der Waals surface area contributed by atoms with E-state index in [9.17, 15) is 0 Å². The molecule has 6 atom stereocenters. The van der Waals surface area contributed by atoms with Gasteiger partial charge in [0, 0.05) is 19.6 Å². The Morgan fingerprint density at radius 2 is 1.09 bits per heavy atom. The van der Waals surface area contributed by atoms with Gasteiger partial charge in [-0.05, 0) is 120 Å². The molecule has 0 aromatic heterocycles. The van der Waals surface area contributed by atoms with Crippen molar-refractivity contribution in [2.24, 2.45) is 23.7 Å². The second-order valence-corrected chi connectivity index (χ2v) is 11.6. The van der Waals surface area contributed by atoms with Gasteiger partial charge in [-0.15, -0.1) is 0 Å². The summed E-state index contributed by atoms with van der Waals surface area (Å²) in [6.45, 7) is 8.27. The molecule has 0 aliphatic carbocycles. The van der Waals surface area contributed by atoms with Crippen molar-refractivity contribution in [3.63, 3.8) is 0 Å². The molecule has 0 aromatic rings. The number of nitrogens with zero attached hydrogens (tertiary/aromatic N) is 2. The van der Waals surface area contributed by atoms with Gasteiger partial charge in [0.15, 0.2) is 0 Å². The molecule has 0 amide bonds. The fraction of sp³-hybridized carbons (Fsp3) is 0.867. The van der Waals surface area contributed by atoms with E-state index in [1.807, 2.05) is 0 Å². The zero-order valence-corrected chi connectivity index (χ0v) is 21.1. The summed E-state index contributed by atoms with van der Waals surface area (Å²) in [6.07, 6.45) is 32.5. The number of allylic oxidation sites excluding steroid dienone is 4. The Morgan fingerprint density at radius 3 is 1.88 bits per heavy atom. The van der Waals surface area contributed by atoms with E-state index in [2.05, 4.69) is 34.1 Å². The summed E-state index contributed by atoms with van der Waals surface area (Å²) in [5.74, 6) is 3.79. The van der Waals surface area contributed by atoms with E-state index < -0.39 is 0 Å². The monoisotopic (exact) mass is 440 g/mol. The van der Waals surface area contributed by atoms with E-state index in [0.717, 1.165) is 23.7 Å². The summed E-state index contributed by atoms with van der Waals surface area (Å²) < 4.78 is 0. The SMILES string of the molecule is C1=C\CC[C@H]2C[C@@H]3CN(CCCCCC/C=C\CC[C@H]4CN(CCCCCC/1)CC[C@H]34)C2. The molecule has 182 valence electrons. The van der Waals surface area contributed by atoms with Crippen molar-refractivity contribution in [2.75, 3.05) is 39.3 Å². The van der Waals surface area contributed by atoms with Crippen LogP contribution in [0.15, 0.2) is 24.3 Å². The first-order valence-corrected chi connectivity index (χ1v) is 14.6. The minimum atomic E-state index is 0.930. The molecule has 0 saturated carbocycles. The van der Waals surface area contributed by atoms with E-state index in [1.54, 1.807) is 0 Å². The highest BCUT2D eigenvalue weighted by Crippen LogP contribution is 2.40. The second-order valence-electron chi connectivity index (χ2n) is 11.6. The summed E-state index contributed by atoms with van der Waals surface area (Å²) in [5, 5.41) is 0. The fourth-order valence-electron chi connectivity index (χ4n) is 7.32. The van der Waals surface area contributed by atoms with Crippen LogP contribution in [-0.2, 0) is 0 Å². The number of rotatable bonds is 0. The highest BCUT2D eigenvalue weighted by molar-refractivity contribution is 4.93. The van der Waals surface area contributed by atoms with Crippen molar-refractivity contribution in [1.29, 1.82) is 0 Å². The third-order valence-corrected chi connectivity index (χ3v) is 9.10. The lowest BCUT2D eigenvalue weighted by molar-refractivity contribution is 0.0201. The molecule has 2 nitrogen and oxygen atoms in total. The lowest BCUT2D eigenvalue weighted by Gasteiger charge is -2.47. The maximum atomic E-state index is 2.91. The van der Waals surface area contributed by atoms with Gasteiger partial charge >= 0.3 is 0 Å². The molecule has 2 saturated heterocycles. The predicted molar refractivity (Wildman–Crippen MR) is 139 cm³/mol. The third kappa shape index (κ3) is 8.01. The van der Waals surface area contributed by atoms with Crippen LogP contribution >= 0.6 is 0 Å². The van der Waals surface area contributed by atoms with Gasteiger partial charge in [0.1, 0.15) is 0 Å². The van der Waals surface area contributed by atoms with Gasteiger partial charge in [-0.25, -0.2) is 0 Å². The molecule has 5 aliphatic heterocycles. The summed E-state index contributed by atoms with van der Waals surface area (Å²) in [4.78, 5) is 5.77. The molecule has 0 spiro atoms. The largest absolute Gasteiger partial charge is 0.303 e. The van der Waals surface area contributed by atoms with Crippen molar-refractivity contribution in [1.82, 2.24) is 9.80 Å². The van der Waals surface area contributed by atoms with Crippen LogP contribution in [0.25, 0.3) is 0 Å². The van der Waals surface area contributed by atoms with Gasteiger partial charge in [0.25, 0.3) is 0 Å². The van der Waals surface area contributed by atoms with E-state index in [1.165, 1.54) is 142 Å². The van der Waals surface area contributed by atoms with Crippen LogP contribution in [0.4, 0.5) is 0 Å². The van der Waals surface area contributed by atoms with Gasteiger partial charge < -0.3 is 9.80 Å². The summed E-state index contributed by atoms with van der Waals surface area (Å²) >= 11 is 0. The van der Waals surface area contributed by atoms with Crippen LogP contribution in [0.5, 0.6) is 0 Å². The maximum Gasteiger partial charge on any atom is 0.00127 e. The molecule has 5 aliphatic rings. The lowest BCUT2D eigenvalue weighted by Crippen LogP contribution is -2.49. The normalized spacial score (nSPS) is 40.8. The van der Waals surface area contributed by atoms with Gasteiger partial charge in [-0.3, -0.25) is 0 Å². The van der Waals surface area contributed by atoms with E-state index in [0.29, 0.717) is 0 Å². The van der Waals surface area contributed by atoms with Crippen LogP contribution in [-0.4, -0.2) is 49.1 Å². The molecule has 5 rings (SSSR count). The molecular formula is C30H52N2. The molecule has 2 heteroatoms. The van der Waals surface area contributed by atoms with Crippen LogP contribution in [0, 0.1) is 23.7 Å². The van der Waals surface area contributed by atoms with Crippen molar-refractivity contribution in [2.45, 2.75) is 103 Å². The van der Waals surface area contributed by atoms with Crippen molar-refractivity contribution < 1.29 is 0 Å². The molecule has 2 unspecified atom stereocenters. The predicted octanol–water partition coefficient (Wildman–Crippen LogP) is 7.46. The Kier molecular flexibility index (Phi) is 10.7. The van der Waals surface area contributed by atoms with Gasteiger partial charge in [-0.2, -0.15) is 0 Å². The van der Waals surface area contributed by atoms with Gasteiger partial charge in [0.2, 0.25) is 0 Å². The highest BCUT2D eigenvalue weighted by atomic mass is 15.1. The number of piperidine rings is 2. The first-order valence-electron chi connectivity index (χ1n) is 14.6. The number of hydrogen-bond donors (Lipinski definition) is 0. The minimum Gasteiger partial charge on any atom is -0.303 e. The minimum absolute atomic E-state index is 0.930. The molecule has 32 heavy (non-hydrogen) atoms. The van der Waals surface area contributed by atoms with E-state index >= 15 is 0 Å². The van der Waals surface area contributed by atoms with Crippen LogP contribution in [0.3, 0.4) is 0 Å². The Morgan fingerprint density at radius 1 is 0.469 bits per heavy atom. The quantitative estimate of drug-likeness (QED) is 0.361. The number of hydrogen-bond acceptors (Lipinski definition) is 2. The molecule has 6 bridgehead atoms. The second kappa shape index (κ2) is 14.0. The zero-order chi connectivity index (χ0) is 21.8. The van der Waals surface area contributed by atoms with E-state index in [-0.39, 0.29) is 0 Å². The average molecular weight is 441 g/mol. The summed E-state index contributed by atoms with van der Waals surface area (Å²) in [7, 11) is 0. The van der Waals surface area contributed by atoms with Gasteiger partial charge in [0.05, 0.1) is 0 Å². The summed E-state index contributed by atoms with van der Waals surface area (Å²) in [5.41, 5.74) is 0. The molecular weight excluding hydrogens is 388 g/mol. The van der Waals surface area contributed by atoms with Crippen molar-refractivity contribution in [3.8, 4) is 0 Å². The Labute approximate surface area is 199 Å². The van der Waals surface area contributed by atoms with Crippen molar-refractivity contribution >= 4 is 0 Å². The van der Waals surface area contributed by atoms with Gasteiger partial charge in [-0.1, -0.05) is 50.0 Å². The van der Waals surface area contributed by atoms with Crippen LogP contribution in [0.2, 0.25) is 0 Å². The van der Waals surface area contributed by atoms with Crippen LogP contribution < -0.4 is 0 Å². The molecule has 0 radical (unpaired) electrons. The van der Waals surface area contributed by atoms with Crippen molar-refractivity contribution in [3.05, 3.63) is 24.3 Å². The first kappa shape index (κ1) is 24.5. The fourth-order valence-corrected chi connectivity index (χ4v) is 7.32. The molecule has 0 aromatic carbocycles. The molecule has 5 heterocycles. The summed E-state index contributed by atoms with van der Waals surface area (Å²) in [6, 6.07) is 0. The highest BCUT2D eigenvalue weighted by Gasteiger charge is 2.38. The Hall–Kier alpha value is -0.600. The topological polar surface area (TPSA) is 6.48 Å². The standard InChI is InChI=1S/C30H52N2/c1-3-7-11-15-20-31-22-19-30-28(25-31)18-14-10-6-2-4-8-12-16-21-32-24-27(17-13-9-5-1)23-29(30)26-32/h5-6,9-10,27-30H,1-4,7-8,11-26H2/b9-5-,10-6-/t27-,28-,29+,30-/m0/s1. The van der Waals surface area contributed by atoms with E-state index in [4.69, 9.17) is 0 Å². The molecule has 0 N–H and O–H groups in total. The maximum absolute atomic E-state index is 2.91. The molecule has 2 fully saturated rings. The Balaban J connectivity index is 1.49. The zero-order valence-electron chi connectivity index (χ0n) is 21.1. The first-order chi connectivity index (χ1) is 15.9. The van der Waals surface area contributed by atoms with Crippen LogP contribution in [0.1, 0.15) is 103 Å².